The van der Waals surface area contributed by atoms with Gasteiger partial charge in [-0.1, -0.05) is 48.5 Å². The minimum atomic E-state index is -0.243. The fraction of sp³-hybridized carbons (Fsp3) is 0.167. The second-order valence-corrected chi connectivity index (χ2v) is 6.75. The summed E-state index contributed by atoms with van der Waals surface area (Å²) < 4.78 is 5.36. The largest absolute Gasteiger partial charge is 0.496 e. The van der Waals surface area contributed by atoms with Crippen LogP contribution in [0.2, 0.25) is 0 Å². The van der Waals surface area contributed by atoms with Crippen molar-refractivity contribution in [1.29, 1.82) is 0 Å². The molecule has 0 aromatic heterocycles. The average Bonchev–Trinajstić information content (AvgIpc) is 2.78. The highest BCUT2D eigenvalue weighted by Crippen LogP contribution is 2.24. The van der Waals surface area contributed by atoms with Crippen molar-refractivity contribution in [1.82, 2.24) is 5.32 Å². The highest BCUT2D eigenvalue weighted by molar-refractivity contribution is 6.08. The molecule has 0 heterocycles. The van der Waals surface area contributed by atoms with E-state index in [2.05, 4.69) is 16.0 Å². The molecule has 1 atom stereocenters. The fourth-order valence-corrected chi connectivity index (χ4v) is 3.13. The monoisotopic (exact) mass is 403 g/mol. The Balaban J connectivity index is 1.62. The number of anilines is 2. The molecule has 3 aromatic rings. The van der Waals surface area contributed by atoms with E-state index in [9.17, 15) is 9.59 Å². The Morgan fingerprint density at radius 3 is 2.33 bits per heavy atom. The Kier molecular flexibility index (Phi) is 7.05. The van der Waals surface area contributed by atoms with Gasteiger partial charge in [0, 0.05) is 16.9 Å². The number of amides is 2. The highest BCUT2D eigenvalue weighted by atomic mass is 16.5. The normalized spacial score (nSPS) is 11.3. The van der Waals surface area contributed by atoms with Gasteiger partial charge in [0.2, 0.25) is 5.91 Å². The van der Waals surface area contributed by atoms with Gasteiger partial charge in [-0.2, -0.15) is 0 Å². The number of benzene rings is 3. The number of methoxy groups -OCH3 is 1. The molecule has 3 rings (SSSR count). The van der Waals surface area contributed by atoms with Crippen LogP contribution in [0.5, 0.6) is 5.75 Å². The number of rotatable bonds is 8. The lowest BCUT2D eigenvalue weighted by atomic mass is 10.1. The summed E-state index contributed by atoms with van der Waals surface area (Å²) in [5.74, 6) is 0.292. The van der Waals surface area contributed by atoms with Crippen LogP contribution in [-0.4, -0.2) is 25.5 Å². The molecular formula is C24H25N3O3. The molecule has 6 nitrogen and oxygen atoms in total. The lowest BCUT2D eigenvalue weighted by Crippen LogP contribution is -2.32. The zero-order chi connectivity index (χ0) is 21.3. The third kappa shape index (κ3) is 5.38. The lowest BCUT2D eigenvalue weighted by Gasteiger charge is -2.18. The molecular weight excluding hydrogens is 378 g/mol. The van der Waals surface area contributed by atoms with Crippen molar-refractivity contribution >= 4 is 23.2 Å². The molecule has 1 unspecified atom stereocenters. The van der Waals surface area contributed by atoms with Gasteiger partial charge in [0.25, 0.3) is 5.91 Å². The van der Waals surface area contributed by atoms with Gasteiger partial charge < -0.3 is 20.7 Å². The maximum atomic E-state index is 12.6. The van der Waals surface area contributed by atoms with Gasteiger partial charge in [-0.25, -0.2) is 0 Å². The topological polar surface area (TPSA) is 79.5 Å². The maximum absolute atomic E-state index is 12.6. The number of hydrogen-bond acceptors (Lipinski definition) is 4. The number of ether oxygens (including phenoxy) is 1. The van der Waals surface area contributed by atoms with Crippen LogP contribution in [-0.2, 0) is 4.79 Å². The summed E-state index contributed by atoms with van der Waals surface area (Å²) in [7, 11) is 1.60. The second kappa shape index (κ2) is 10.1. The summed E-state index contributed by atoms with van der Waals surface area (Å²) in [5, 5.41) is 8.87. The number of carbonyl (C=O) groups excluding carboxylic acids is 2. The van der Waals surface area contributed by atoms with E-state index in [0.29, 0.717) is 16.9 Å². The van der Waals surface area contributed by atoms with Crippen LogP contribution in [0.3, 0.4) is 0 Å². The van der Waals surface area contributed by atoms with Crippen molar-refractivity contribution < 1.29 is 14.3 Å². The quantitative estimate of drug-likeness (QED) is 0.526. The van der Waals surface area contributed by atoms with Crippen molar-refractivity contribution in [3.8, 4) is 5.75 Å². The molecule has 30 heavy (non-hydrogen) atoms. The second-order valence-electron chi connectivity index (χ2n) is 6.75. The molecule has 0 aliphatic rings. The molecule has 0 saturated carbocycles. The third-order valence-corrected chi connectivity index (χ3v) is 4.63. The molecule has 0 bridgehead atoms. The molecule has 3 N–H and O–H groups in total. The van der Waals surface area contributed by atoms with E-state index in [1.807, 2.05) is 67.6 Å². The summed E-state index contributed by atoms with van der Waals surface area (Å²) in [4.78, 5) is 25.1. The van der Waals surface area contributed by atoms with E-state index in [-0.39, 0.29) is 24.4 Å². The van der Waals surface area contributed by atoms with Gasteiger partial charge in [0.05, 0.1) is 25.3 Å². The van der Waals surface area contributed by atoms with Crippen LogP contribution in [0.4, 0.5) is 11.4 Å². The molecule has 0 fully saturated rings. The maximum Gasteiger partial charge on any atom is 0.257 e. The third-order valence-electron chi connectivity index (χ3n) is 4.63. The van der Waals surface area contributed by atoms with E-state index in [4.69, 9.17) is 4.74 Å². The van der Waals surface area contributed by atoms with E-state index >= 15 is 0 Å². The van der Waals surface area contributed by atoms with E-state index in [0.717, 1.165) is 11.3 Å². The summed E-state index contributed by atoms with van der Waals surface area (Å²) in [6.07, 6.45) is 0. The molecule has 0 radical (unpaired) electrons. The molecule has 0 saturated heterocycles. The number of nitrogens with one attached hydrogen (secondary N) is 3. The van der Waals surface area contributed by atoms with Crippen molar-refractivity contribution in [2.45, 2.75) is 13.0 Å². The first-order valence-electron chi connectivity index (χ1n) is 9.70. The number of carbonyl (C=O) groups is 2. The van der Waals surface area contributed by atoms with Crippen molar-refractivity contribution in [2.75, 3.05) is 24.3 Å². The van der Waals surface area contributed by atoms with Gasteiger partial charge in [-0.15, -0.1) is 0 Å². The summed E-state index contributed by atoms with van der Waals surface area (Å²) in [6, 6.07) is 23.7. The molecule has 3 aromatic carbocycles. The predicted octanol–water partition coefficient (Wildman–Crippen LogP) is 4.24. The first-order valence-corrected chi connectivity index (χ1v) is 9.70. The molecule has 0 aliphatic carbocycles. The fourth-order valence-electron chi connectivity index (χ4n) is 3.13. The molecule has 0 aliphatic heterocycles. The van der Waals surface area contributed by atoms with Gasteiger partial charge in [-0.3, -0.25) is 9.59 Å². The van der Waals surface area contributed by atoms with Gasteiger partial charge in [-0.05, 0) is 37.3 Å². The van der Waals surface area contributed by atoms with Crippen LogP contribution in [0.25, 0.3) is 0 Å². The Labute approximate surface area is 176 Å². The number of para-hydroxylation sites is 3. The standard InChI is InChI=1S/C24H25N3O3/c1-17(19-12-7-9-15-22(19)30-2)26-23(28)16-25-21-14-8-6-13-20(21)24(29)27-18-10-4-3-5-11-18/h3-15,17,25H,16H2,1-2H3,(H,26,28)(H,27,29). The van der Waals surface area contributed by atoms with Crippen LogP contribution < -0.4 is 20.7 Å². The zero-order valence-electron chi connectivity index (χ0n) is 17.0. The average molecular weight is 403 g/mol. The summed E-state index contributed by atoms with van der Waals surface area (Å²) in [5.41, 5.74) is 2.66. The molecule has 2 amide bonds. The van der Waals surface area contributed by atoms with Crippen molar-refractivity contribution in [3.05, 3.63) is 90.0 Å². The van der Waals surface area contributed by atoms with Crippen LogP contribution >= 0.6 is 0 Å². The zero-order valence-corrected chi connectivity index (χ0v) is 17.0. The first kappa shape index (κ1) is 20.9. The smallest absolute Gasteiger partial charge is 0.257 e. The molecule has 0 spiro atoms. The van der Waals surface area contributed by atoms with E-state index in [1.165, 1.54) is 0 Å². The van der Waals surface area contributed by atoms with Gasteiger partial charge in [0.15, 0.2) is 0 Å². The van der Waals surface area contributed by atoms with Crippen LogP contribution in [0, 0.1) is 0 Å². The lowest BCUT2D eigenvalue weighted by molar-refractivity contribution is -0.120. The SMILES string of the molecule is COc1ccccc1C(C)NC(=O)CNc1ccccc1C(=O)Nc1ccccc1. The minimum absolute atomic E-state index is 0.0368. The Hall–Kier alpha value is -3.80. The summed E-state index contributed by atoms with van der Waals surface area (Å²) >= 11 is 0. The van der Waals surface area contributed by atoms with Crippen molar-refractivity contribution in [3.63, 3.8) is 0 Å². The van der Waals surface area contributed by atoms with Crippen LogP contribution in [0.1, 0.15) is 28.9 Å². The van der Waals surface area contributed by atoms with E-state index in [1.54, 1.807) is 25.3 Å². The molecule has 154 valence electrons. The Morgan fingerprint density at radius 2 is 1.57 bits per heavy atom. The van der Waals surface area contributed by atoms with Crippen LogP contribution in [0.15, 0.2) is 78.9 Å². The molecule has 6 heteroatoms. The van der Waals surface area contributed by atoms with Gasteiger partial charge >= 0.3 is 0 Å². The summed E-state index contributed by atoms with van der Waals surface area (Å²) in [6.45, 7) is 1.94. The Morgan fingerprint density at radius 1 is 0.900 bits per heavy atom. The van der Waals surface area contributed by atoms with E-state index < -0.39 is 0 Å². The highest BCUT2D eigenvalue weighted by Gasteiger charge is 2.15. The predicted molar refractivity (Wildman–Crippen MR) is 119 cm³/mol. The first-order chi connectivity index (χ1) is 14.6. The minimum Gasteiger partial charge on any atom is -0.496 e. The van der Waals surface area contributed by atoms with Gasteiger partial charge in [0.1, 0.15) is 5.75 Å². The van der Waals surface area contributed by atoms with Crippen molar-refractivity contribution in [2.24, 2.45) is 0 Å². The number of hydrogen-bond donors (Lipinski definition) is 3. The Bertz CT molecular complexity index is 1010.